The lowest BCUT2D eigenvalue weighted by Gasteiger charge is -2.25. The topological polar surface area (TPSA) is 39.2 Å². The first kappa shape index (κ1) is 8.84. The average molecular weight is 197 g/mol. The monoisotopic (exact) mass is 197 g/mol. The summed E-state index contributed by atoms with van der Waals surface area (Å²) in [4.78, 5) is 15.7. The van der Waals surface area contributed by atoms with Crippen LogP contribution in [0.15, 0.2) is 11.7 Å². The van der Waals surface area contributed by atoms with E-state index in [0.717, 1.165) is 30.4 Å². The van der Waals surface area contributed by atoms with Gasteiger partial charge in [-0.25, -0.2) is 0 Å². The van der Waals surface area contributed by atoms with Gasteiger partial charge in [-0.1, -0.05) is 0 Å². The van der Waals surface area contributed by atoms with Crippen LogP contribution in [0.5, 0.6) is 0 Å². The van der Waals surface area contributed by atoms with Crippen molar-refractivity contribution < 1.29 is 9.53 Å². The van der Waals surface area contributed by atoms with Crippen LogP contribution in [-0.4, -0.2) is 17.4 Å². The van der Waals surface area contributed by atoms with Gasteiger partial charge in [-0.2, -0.15) is 0 Å². The molecule has 0 radical (unpaired) electrons. The maximum atomic E-state index is 10.5. The van der Waals surface area contributed by atoms with Gasteiger partial charge in [-0.05, 0) is 19.3 Å². The molecule has 0 amide bonds. The molecule has 1 aromatic heterocycles. The fourth-order valence-electron chi connectivity index (χ4n) is 1.55. The number of carbonyl (C=O) groups is 1. The Bertz CT molecular complexity index is 273. The number of hydrogen-bond donors (Lipinski definition) is 0. The highest BCUT2D eigenvalue weighted by molar-refractivity contribution is 7.09. The Morgan fingerprint density at radius 3 is 3.23 bits per heavy atom. The van der Waals surface area contributed by atoms with Crippen molar-refractivity contribution in [1.82, 2.24) is 4.98 Å². The second kappa shape index (κ2) is 3.98. The Kier molecular flexibility index (Phi) is 2.71. The van der Waals surface area contributed by atoms with Gasteiger partial charge >= 0.3 is 0 Å². The van der Waals surface area contributed by atoms with E-state index >= 15 is 0 Å². The van der Waals surface area contributed by atoms with E-state index in [9.17, 15) is 4.79 Å². The van der Waals surface area contributed by atoms with Crippen LogP contribution in [0.4, 0.5) is 0 Å². The zero-order valence-corrected chi connectivity index (χ0v) is 8.00. The van der Waals surface area contributed by atoms with Crippen LogP contribution >= 0.6 is 11.3 Å². The molecule has 0 saturated carbocycles. The fourth-order valence-corrected chi connectivity index (χ4v) is 2.24. The zero-order chi connectivity index (χ0) is 9.10. The Morgan fingerprint density at radius 1 is 1.62 bits per heavy atom. The molecular formula is C9H11NO2S. The molecule has 1 aliphatic heterocycles. The molecule has 0 spiro atoms. The van der Waals surface area contributed by atoms with Gasteiger partial charge in [0.25, 0.3) is 0 Å². The molecule has 1 saturated heterocycles. The van der Waals surface area contributed by atoms with Gasteiger partial charge in [0.15, 0.2) is 0 Å². The van der Waals surface area contributed by atoms with Gasteiger partial charge in [0.2, 0.25) is 0 Å². The molecule has 0 N–H and O–H groups in total. The first-order valence-electron chi connectivity index (χ1n) is 4.39. The molecule has 2 atom stereocenters. The van der Waals surface area contributed by atoms with E-state index in [1.54, 1.807) is 16.8 Å². The minimum atomic E-state index is -0.208. The van der Waals surface area contributed by atoms with Gasteiger partial charge in [0.05, 0.1) is 16.5 Å². The predicted octanol–water partition coefficient (Wildman–Crippen LogP) is 1.95. The van der Waals surface area contributed by atoms with Crippen molar-refractivity contribution in [3.8, 4) is 0 Å². The molecule has 3 nitrogen and oxygen atoms in total. The number of aromatic nitrogens is 1. The molecular weight excluding hydrogens is 186 g/mol. The van der Waals surface area contributed by atoms with E-state index in [-0.39, 0.29) is 12.2 Å². The smallest absolute Gasteiger partial charge is 0.148 e. The van der Waals surface area contributed by atoms with Crippen LogP contribution in [0.2, 0.25) is 0 Å². The quantitative estimate of drug-likeness (QED) is 0.680. The Morgan fingerprint density at radius 2 is 2.54 bits per heavy atom. The molecule has 1 aromatic rings. The second-order valence-electron chi connectivity index (χ2n) is 3.13. The van der Waals surface area contributed by atoms with Crippen LogP contribution in [0.1, 0.15) is 30.2 Å². The summed E-state index contributed by atoms with van der Waals surface area (Å²) in [6, 6.07) is 0. The van der Waals surface area contributed by atoms with Crippen LogP contribution in [0.3, 0.4) is 0 Å². The number of carbonyl (C=O) groups excluding carboxylic acids is 1. The van der Waals surface area contributed by atoms with E-state index in [0.29, 0.717) is 0 Å². The molecule has 2 rings (SSSR count). The van der Waals surface area contributed by atoms with Crippen molar-refractivity contribution in [2.24, 2.45) is 0 Å². The van der Waals surface area contributed by atoms with Crippen molar-refractivity contribution in [3.05, 3.63) is 16.6 Å². The molecule has 0 aromatic carbocycles. The van der Waals surface area contributed by atoms with Gasteiger partial charge in [0.1, 0.15) is 12.4 Å². The normalized spacial score (nSPS) is 28.6. The van der Waals surface area contributed by atoms with Crippen molar-refractivity contribution >= 4 is 17.6 Å². The van der Waals surface area contributed by atoms with Crippen LogP contribution in [0, 0.1) is 0 Å². The summed E-state index contributed by atoms with van der Waals surface area (Å²) in [6.07, 6.45) is 5.53. The molecule has 1 fully saturated rings. The SMILES string of the molecule is O=CC1CCCC(c2cncs2)O1. The van der Waals surface area contributed by atoms with Crippen molar-refractivity contribution in [1.29, 1.82) is 0 Å². The third-order valence-corrected chi connectivity index (χ3v) is 3.08. The van der Waals surface area contributed by atoms with E-state index in [2.05, 4.69) is 4.98 Å². The zero-order valence-electron chi connectivity index (χ0n) is 7.18. The summed E-state index contributed by atoms with van der Waals surface area (Å²) in [5.74, 6) is 0. The predicted molar refractivity (Wildman–Crippen MR) is 49.6 cm³/mol. The molecule has 70 valence electrons. The minimum Gasteiger partial charge on any atom is -0.362 e. The van der Waals surface area contributed by atoms with Gasteiger partial charge < -0.3 is 9.53 Å². The lowest BCUT2D eigenvalue weighted by molar-refractivity contribution is -0.126. The van der Waals surface area contributed by atoms with Crippen molar-refractivity contribution in [2.75, 3.05) is 0 Å². The molecule has 4 heteroatoms. The van der Waals surface area contributed by atoms with Crippen LogP contribution in [-0.2, 0) is 9.53 Å². The van der Waals surface area contributed by atoms with E-state index in [4.69, 9.17) is 4.74 Å². The fraction of sp³-hybridized carbons (Fsp3) is 0.556. The largest absolute Gasteiger partial charge is 0.362 e. The van der Waals surface area contributed by atoms with Gasteiger partial charge in [0, 0.05) is 6.20 Å². The maximum Gasteiger partial charge on any atom is 0.148 e. The average Bonchev–Trinajstić information content (AvgIpc) is 2.71. The molecule has 2 heterocycles. The Labute approximate surface area is 80.8 Å². The highest BCUT2D eigenvalue weighted by Crippen LogP contribution is 2.32. The van der Waals surface area contributed by atoms with Gasteiger partial charge in [-0.3, -0.25) is 4.98 Å². The number of aldehydes is 1. The summed E-state index contributed by atoms with van der Waals surface area (Å²) >= 11 is 1.59. The van der Waals surface area contributed by atoms with Gasteiger partial charge in [-0.15, -0.1) is 11.3 Å². The lowest BCUT2D eigenvalue weighted by Crippen LogP contribution is -2.22. The van der Waals surface area contributed by atoms with Crippen molar-refractivity contribution in [3.63, 3.8) is 0 Å². The first-order valence-corrected chi connectivity index (χ1v) is 5.27. The third-order valence-electron chi connectivity index (χ3n) is 2.21. The Balaban J connectivity index is 2.04. The number of nitrogens with zero attached hydrogens (tertiary/aromatic N) is 1. The Hall–Kier alpha value is -0.740. The van der Waals surface area contributed by atoms with E-state index < -0.39 is 0 Å². The van der Waals surface area contributed by atoms with Crippen molar-refractivity contribution in [2.45, 2.75) is 31.5 Å². The van der Waals surface area contributed by atoms with E-state index in [1.807, 2.05) is 6.20 Å². The standard InChI is InChI=1S/C9H11NO2S/c11-5-7-2-1-3-8(12-7)9-4-10-6-13-9/h4-8H,1-3H2. The first-order chi connectivity index (χ1) is 6.40. The summed E-state index contributed by atoms with van der Waals surface area (Å²) < 4.78 is 5.58. The number of thiazole rings is 1. The second-order valence-corrected chi connectivity index (χ2v) is 4.05. The highest BCUT2D eigenvalue weighted by atomic mass is 32.1. The number of hydrogen-bond acceptors (Lipinski definition) is 4. The molecule has 1 aliphatic rings. The molecule has 0 bridgehead atoms. The van der Waals surface area contributed by atoms with E-state index in [1.165, 1.54) is 0 Å². The highest BCUT2D eigenvalue weighted by Gasteiger charge is 2.23. The molecule has 13 heavy (non-hydrogen) atoms. The minimum absolute atomic E-state index is 0.0939. The third kappa shape index (κ3) is 1.95. The summed E-state index contributed by atoms with van der Waals surface area (Å²) in [6.45, 7) is 0. The molecule has 2 unspecified atom stereocenters. The van der Waals surface area contributed by atoms with Crippen LogP contribution < -0.4 is 0 Å². The number of ether oxygens (including phenoxy) is 1. The summed E-state index contributed by atoms with van der Waals surface area (Å²) in [7, 11) is 0. The summed E-state index contributed by atoms with van der Waals surface area (Å²) in [5, 5.41) is 0. The van der Waals surface area contributed by atoms with Crippen LogP contribution in [0.25, 0.3) is 0 Å². The number of rotatable bonds is 2. The summed E-state index contributed by atoms with van der Waals surface area (Å²) in [5.41, 5.74) is 1.79. The lowest BCUT2D eigenvalue weighted by atomic mass is 10.0. The molecule has 0 aliphatic carbocycles. The maximum absolute atomic E-state index is 10.5.